The third kappa shape index (κ3) is 4.16. The SMILES string of the molecule is COc1ccc2nnn(-c3ccc(CS(=O)(=O)N(C(=O)O)C(C)(C)C)cc3)c2c1. The number of carboxylic acid groups (broad SMARTS) is 1. The first kappa shape index (κ1) is 20.6. The van der Waals surface area contributed by atoms with Gasteiger partial charge in [0, 0.05) is 6.07 Å². The smallest absolute Gasteiger partial charge is 0.421 e. The number of hydrogen-bond donors (Lipinski definition) is 1. The van der Waals surface area contributed by atoms with E-state index in [4.69, 9.17) is 4.74 Å². The van der Waals surface area contributed by atoms with Crippen molar-refractivity contribution in [2.24, 2.45) is 0 Å². The summed E-state index contributed by atoms with van der Waals surface area (Å²) in [6, 6.07) is 12.1. The van der Waals surface area contributed by atoms with Crippen molar-refractivity contribution in [3.05, 3.63) is 48.0 Å². The Balaban J connectivity index is 1.90. The second kappa shape index (κ2) is 7.36. The van der Waals surface area contributed by atoms with Crippen molar-refractivity contribution in [2.45, 2.75) is 32.1 Å². The molecular weight excluding hydrogens is 396 g/mol. The summed E-state index contributed by atoms with van der Waals surface area (Å²) in [5, 5.41) is 17.6. The van der Waals surface area contributed by atoms with Crippen molar-refractivity contribution in [1.29, 1.82) is 0 Å². The first-order valence-electron chi connectivity index (χ1n) is 8.78. The summed E-state index contributed by atoms with van der Waals surface area (Å²) in [5.74, 6) is 0.239. The molecule has 0 aliphatic carbocycles. The number of rotatable bonds is 5. The molecule has 1 heterocycles. The highest BCUT2D eigenvalue weighted by molar-refractivity contribution is 7.88. The van der Waals surface area contributed by atoms with Gasteiger partial charge in [0.15, 0.2) is 0 Å². The Morgan fingerprint density at radius 1 is 1.17 bits per heavy atom. The number of methoxy groups -OCH3 is 1. The summed E-state index contributed by atoms with van der Waals surface area (Å²) in [7, 11) is -2.49. The van der Waals surface area contributed by atoms with Crippen LogP contribution in [0.3, 0.4) is 0 Å². The Kier molecular flexibility index (Phi) is 5.22. The maximum absolute atomic E-state index is 12.7. The topological polar surface area (TPSA) is 115 Å². The number of ether oxygens (including phenoxy) is 1. The van der Waals surface area contributed by atoms with Crippen LogP contribution in [0.1, 0.15) is 26.3 Å². The van der Waals surface area contributed by atoms with Crippen LogP contribution in [-0.4, -0.2) is 51.6 Å². The summed E-state index contributed by atoms with van der Waals surface area (Å²) >= 11 is 0. The fourth-order valence-corrected chi connectivity index (χ4v) is 4.86. The molecule has 0 saturated heterocycles. The summed E-state index contributed by atoms with van der Waals surface area (Å²) < 4.78 is 32.7. The number of sulfonamides is 1. The standard InChI is InChI=1S/C19H22N4O5S/c1-19(2,3)23(18(24)25)29(26,27)12-13-5-7-14(8-6-13)22-17-11-15(28-4)9-10-16(17)20-21-22/h5-11H,12H2,1-4H3,(H,24,25). The zero-order valence-corrected chi connectivity index (χ0v) is 17.3. The van der Waals surface area contributed by atoms with E-state index in [1.165, 1.54) is 20.8 Å². The Labute approximate surface area is 168 Å². The molecule has 1 amide bonds. The number of hydrogen-bond acceptors (Lipinski definition) is 6. The van der Waals surface area contributed by atoms with Crippen LogP contribution in [0.5, 0.6) is 5.75 Å². The molecule has 2 aromatic carbocycles. The van der Waals surface area contributed by atoms with E-state index in [0.717, 1.165) is 5.52 Å². The van der Waals surface area contributed by atoms with Gasteiger partial charge < -0.3 is 9.84 Å². The molecule has 0 saturated carbocycles. The van der Waals surface area contributed by atoms with Crippen LogP contribution < -0.4 is 4.74 Å². The van der Waals surface area contributed by atoms with E-state index in [1.807, 2.05) is 6.07 Å². The molecule has 9 nitrogen and oxygen atoms in total. The van der Waals surface area contributed by atoms with E-state index in [0.29, 0.717) is 26.8 Å². The molecule has 0 radical (unpaired) electrons. The molecule has 0 spiro atoms. The summed E-state index contributed by atoms with van der Waals surface area (Å²) in [6.07, 6.45) is -1.50. The Hall–Kier alpha value is -3.14. The van der Waals surface area contributed by atoms with Crippen LogP contribution >= 0.6 is 0 Å². The van der Waals surface area contributed by atoms with E-state index in [1.54, 1.807) is 48.2 Å². The molecule has 0 unspecified atom stereocenters. The van der Waals surface area contributed by atoms with Gasteiger partial charge >= 0.3 is 6.09 Å². The lowest BCUT2D eigenvalue weighted by Gasteiger charge is -2.31. The fourth-order valence-electron chi connectivity index (χ4n) is 3.05. The van der Waals surface area contributed by atoms with Crippen molar-refractivity contribution in [3.63, 3.8) is 0 Å². The van der Waals surface area contributed by atoms with E-state index >= 15 is 0 Å². The van der Waals surface area contributed by atoms with Crippen LogP contribution in [-0.2, 0) is 15.8 Å². The van der Waals surface area contributed by atoms with Crippen LogP contribution in [0.2, 0.25) is 0 Å². The minimum absolute atomic E-state index is 0.428. The molecule has 1 N–H and O–H groups in total. The highest BCUT2D eigenvalue weighted by Gasteiger charge is 2.37. The number of fused-ring (bicyclic) bond motifs is 1. The summed E-state index contributed by atoms with van der Waals surface area (Å²) in [5.41, 5.74) is 1.51. The minimum atomic E-state index is -4.06. The molecular formula is C19H22N4O5S. The zero-order chi connectivity index (χ0) is 21.4. The molecule has 3 aromatic rings. The van der Waals surface area contributed by atoms with Gasteiger partial charge in [-0.05, 0) is 50.6 Å². The van der Waals surface area contributed by atoms with Crippen LogP contribution in [0, 0.1) is 0 Å². The predicted molar refractivity (Wildman–Crippen MR) is 108 cm³/mol. The number of carbonyl (C=O) groups is 1. The first-order valence-corrected chi connectivity index (χ1v) is 10.4. The van der Waals surface area contributed by atoms with Crippen molar-refractivity contribution < 1.29 is 23.1 Å². The van der Waals surface area contributed by atoms with Crippen molar-refractivity contribution in [2.75, 3.05) is 7.11 Å². The van der Waals surface area contributed by atoms with E-state index in [-0.39, 0.29) is 0 Å². The number of benzene rings is 2. The summed E-state index contributed by atoms with van der Waals surface area (Å²) in [6.45, 7) is 4.60. The van der Waals surface area contributed by atoms with Gasteiger partial charge in [-0.25, -0.2) is 17.9 Å². The number of nitrogens with zero attached hydrogens (tertiary/aromatic N) is 4. The van der Waals surface area contributed by atoms with Crippen LogP contribution in [0.4, 0.5) is 4.79 Å². The second-order valence-electron chi connectivity index (χ2n) is 7.50. The first-order chi connectivity index (χ1) is 13.5. The van der Waals surface area contributed by atoms with Gasteiger partial charge in [-0.2, -0.15) is 4.31 Å². The zero-order valence-electron chi connectivity index (χ0n) is 16.5. The van der Waals surface area contributed by atoms with Crippen molar-refractivity contribution in [3.8, 4) is 11.4 Å². The number of amides is 1. The van der Waals surface area contributed by atoms with E-state index in [9.17, 15) is 18.3 Å². The lowest BCUT2D eigenvalue weighted by atomic mass is 10.1. The molecule has 0 aliphatic rings. The molecule has 0 bridgehead atoms. The van der Waals surface area contributed by atoms with Crippen molar-refractivity contribution in [1.82, 2.24) is 19.3 Å². The molecule has 0 fully saturated rings. The molecule has 1 aromatic heterocycles. The van der Waals surface area contributed by atoms with Crippen LogP contribution in [0.15, 0.2) is 42.5 Å². The fraction of sp³-hybridized carbons (Fsp3) is 0.316. The molecule has 3 rings (SSSR count). The summed E-state index contributed by atoms with van der Waals surface area (Å²) in [4.78, 5) is 11.5. The van der Waals surface area contributed by atoms with Gasteiger partial charge in [-0.3, -0.25) is 0 Å². The highest BCUT2D eigenvalue weighted by atomic mass is 32.2. The average molecular weight is 418 g/mol. The molecule has 0 atom stereocenters. The van der Waals surface area contributed by atoms with Gasteiger partial charge in [0.25, 0.3) is 0 Å². The van der Waals surface area contributed by atoms with E-state index in [2.05, 4.69) is 10.3 Å². The van der Waals surface area contributed by atoms with Gasteiger partial charge in [0.2, 0.25) is 10.0 Å². The lowest BCUT2D eigenvalue weighted by Crippen LogP contribution is -2.49. The quantitative estimate of drug-likeness (QED) is 0.677. The molecule has 0 aliphatic heterocycles. The molecule has 29 heavy (non-hydrogen) atoms. The Morgan fingerprint density at radius 2 is 1.83 bits per heavy atom. The van der Waals surface area contributed by atoms with Crippen LogP contribution in [0.25, 0.3) is 16.7 Å². The van der Waals surface area contributed by atoms with Gasteiger partial charge in [-0.15, -0.1) is 5.10 Å². The maximum atomic E-state index is 12.7. The average Bonchev–Trinajstić information content (AvgIpc) is 3.03. The normalized spacial score (nSPS) is 12.1. The Morgan fingerprint density at radius 3 is 2.38 bits per heavy atom. The van der Waals surface area contributed by atoms with E-state index < -0.39 is 27.4 Å². The third-order valence-corrected chi connectivity index (χ3v) is 6.20. The third-order valence-electron chi connectivity index (χ3n) is 4.24. The van der Waals surface area contributed by atoms with Gasteiger partial charge in [0.1, 0.15) is 11.3 Å². The van der Waals surface area contributed by atoms with Gasteiger partial charge in [-0.1, -0.05) is 17.3 Å². The Bertz CT molecular complexity index is 1150. The molecule has 10 heteroatoms. The largest absolute Gasteiger partial charge is 0.497 e. The monoisotopic (exact) mass is 418 g/mol. The maximum Gasteiger partial charge on any atom is 0.421 e. The van der Waals surface area contributed by atoms with Gasteiger partial charge in [0.05, 0.1) is 29.6 Å². The minimum Gasteiger partial charge on any atom is -0.497 e. The van der Waals surface area contributed by atoms with Crippen molar-refractivity contribution >= 4 is 27.1 Å². The highest BCUT2D eigenvalue weighted by Crippen LogP contribution is 2.24. The number of aromatic nitrogens is 3. The molecule has 154 valence electrons. The second-order valence-corrected chi connectivity index (χ2v) is 9.31. The lowest BCUT2D eigenvalue weighted by molar-refractivity contribution is 0.146. The predicted octanol–water partition coefficient (Wildman–Crippen LogP) is 3.04.